The number of amides is 1. The highest BCUT2D eigenvalue weighted by atomic mass is 16.5. The molecule has 1 saturated carbocycles. The molecule has 1 aliphatic rings. The highest BCUT2D eigenvalue weighted by Gasteiger charge is 2.26. The smallest absolute Gasteiger partial charge is 0.307 e. The van der Waals surface area contributed by atoms with Crippen LogP contribution in [0, 0.1) is 5.92 Å². The molecule has 0 heterocycles. The third kappa shape index (κ3) is 6.24. The largest absolute Gasteiger partial charge is 0.497 e. The predicted molar refractivity (Wildman–Crippen MR) is 98.3 cm³/mol. The number of hydrogen-bond donors (Lipinski definition) is 0. The van der Waals surface area contributed by atoms with Crippen molar-refractivity contribution < 1.29 is 23.8 Å². The van der Waals surface area contributed by atoms with E-state index in [2.05, 4.69) is 0 Å². The number of nitrogens with zero attached hydrogens (tertiary/aromatic N) is 1. The summed E-state index contributed by atoms with van der Waals surface area (Å²) in [4.78, 5) is 26.0. The van der Waals surface area contributed by atoms with E-state index in [0.29, 0.717) is 19.7 Å². The summed E-state index contributed by atoms with van der Waals surface area (Å²) in [6.45, 7) is 1.21. The Balaban J connectivity index is 1.88. The molecule has 1 aliphatic carbocycles. The van der Waals surface area contributed by atoms with E-state index in [9.17, 15) is 9.59 Å². The number of hydrogen-bond acceptors (Lipinski definition) is 5. The number of esters is 1. The minimum absolute atomic E-state index is 0.0717. The molecule has 0 aromatic heterocycles. The number of methoxy groups -OCH3 is 2. The first kappa shape index (κ1) is 20.1. The molecule has 1 aromatic carbocycles. The molecular formula is C20H29NO5. The topological polar surface area (TPSA) is 65.1 Å². The van der Waals surface area contributed by atoms with Gasteiger partial charge in [0.05, 0.1) is 27.2 Å². The standard InChI is InChI=1S/C20H29NO5/c1-24-17-8-10-18(11-9-17)26-15-14-21(13-12-19(22)25-2)20(23)16-6-4-3-5-7-16/h8-11,16H,3-7,12-15H2,1-2H3. The zero-order chi connectivity index (χ0) is 18.8. The molecule has 2 rings (SSSR count). The first-order valence-corrected chi connectivity index (χ1v) is 9.26. The van der Waals surface area contributed by atoms with Crippen LogP contribution in [0.1, 0.15) is 38.5 Å². The van der Waals surface area contributed by atoms with Crippen molar-refractivity contribution in [3.05, 3.63) is 24.3 Å². The molecule has 0 unspecified atom stereocenters. The molecule has 0 N–H and O–H groups in total. The Labute approximate surface area is 155 Å². The van der Waals surface area contributed by atoms with Crippen LogP contribution in [0.25, 0.3) is 0 Å². The van der Waals surface area contributed by atoms with Crippen molar-refractivity contribution >= 4 is 11.9 Å². The summed E-state index contributed by atoms with van der Waals surface area (Å²) in [7, 11) is 2.98. The lowest BCUT2D eigenvalue weighted by Crippen LogP contribution is -2.40. The van der Waals surface area contributed by atoms with Gasteiger partial charge in [0.1, 0.15) is 18.1 Å². The maximum Gasteiger partial charge on any atom is 0.307 e. The Bertz CT molecular complexity index is 566. The molecular weight excluding hydrogens is 334 g/mol. The van der Waals surface area contributed by atoms with Crippen LogP contribution >= 0.6 is 0 Å². The van der Waals surface area contributed by atoms with Crippen LogP contribution in [0.4, 0.5) is 0 Å². The van der Waals surface area contributed by atoms with Gasteiger partial charge in [-0.15, -0.1) is 0 Å². The highest BCUT2D eigenvalue weighted by Crippen LogP contribution is 2.25. The Kier molecular flexibility index (Phi) is 8.25. The number of carbonyl (C=O) groups is 2. The molecule has 1 fully saturated rings. The molecule has 1 aromatic rings. The molecule has 0 aliphatic heterocycles. The van der Waals surface area contributed by atoms with Crippen LogP contribution in [-0.4, -0.2) is 50.7 Å². The van der Waals surface area contributed by atoms with E-state index in [0.717, 1.165) is 37.2 Å². The maximum atomic E-state index is 12.8. The average Bonchev–Trinajstić information content (AvgIpc) is 2.70. The Hall–Kier alpha value is -2.24. The quantitative estimate of drug-likeness (QED) is 0.631. The average molecular weight is 363 g/mol. The number of benzene rings is 1. The minimum Gasteiger partial charge on any atom is -0.497 e. The lowest BCUT2D eigenvalue weighted by Gasteiger charge is -2.29. The van der Waals surface area contributed by atoms with Crippen LogP contribution in [0.5, 0.6) is 11.5 Å². The molecule has 0 saturated heterocycles. The monoisotopic (exact) mass is 363 g/mol. The van der Waals surface area contributed by atoms with E-state index in [-0.39, 0.29) is 24.2 Å². The van der Waals surface area contributed by atoms with Gasteiger partial charge in [0.2, 0.25) is 5.91 Å². The van der Waals surface area contributed by atoms with Crippen molar-refractivity contribution in [3.63, 3.8) is 0 Å². The van der Waals surface area contributed by atoms with Gasteiger partial charge in [-0.2, -0.15) is 0 Å². The lowest BCUT2D eigenvalue weighted by atomic mass is 9.88. The van der Waals surface area contributed by atoms with Gasteiger partial charge >= 0.3 is 5.97 Å². The fourth-order valence-electron chi connectivity index (χ4n) is 3.21. The lowest BCUT2D eigenvalue weighted by molar-refractivity contribution is -0.142. The second-order valence-corrected chi connectivity index (χ2v) is 6.51. The SMILES string of the molecule is COC(=O)CCN(CCOc1ccc(OC)cc1)C(=O)C1CCCCC1. The van der Waals surface area contributed by atoms with Gasteiger partial charge in [0.15, 0.2) is 0 Å². The van der Waals surface area contributed by atoms with Crippen molar-refractivity contribution in [3.8, 4) is 11.5 Å². The summed E-state index contributed by atoms with van der Waals surface area (Å²) >= 11 is 0. The molecule has 6 heteroatoms. The Morgan fingerprint density at radius 3 is 2.27 bits per heavy atom. The van der Waals surface area contributed by atoms with E-state index in [1.807, 2.05) is 24.3 Å². The highest BCUT2D eigenvalue weighted by molar-refractivity contribution is 5.79. The normalized spacial score (nSPS) is 14.5. The van der Waals surface area contributed by atoms with Gasteiger partial charge in [-0.1, -0.05) is 19.3 Å². The maximum absolute atomic E-state index is 12.8. The molecule has 6 nitrogen and oxygen atoms in total. The second-order valence-electron chi connectivity index (χ2n) is 6.51. The first-order valence-electron chi connectivity index (χ1n) is 9.26. The van der Waals surface area contributed by atoms with Crippen molar-refractivity contribution in [1.82, 2.24) is 4.90 Å². The predicted octanol–water partition coefficient (Wildman–Crippen LogP) is 3.05. The first-order chi connectivity index (χ1) is 12.6. The molecule has 1 amide bonds. The summed E-state index contributed by atoms with van der Waals surface area (Å²) < 4.78 is 15.6. The van der Waals surface area contributed by atoms with Crippen molar-refractivity contribution in [1.29, 1.82) is 0 Å². The van der Waals surface area contributed by atoms with Crippen LogP contribution in [0.3, 0.4) is 0 Å². The van der Waals surface area contributed by atoms with Gasteiger partial charge in [0.25, 0.3) is 0 Å². The summed E-state index contributed by atoms with van der Waals surface area (Å²) in [6.07, 6.45) is 5.48. The molecule has 144 valence electrons. The van der Waals surface area contributed by atoms with Gasteiger partial charge < -0.3 is 19.1 Å². The van der Waals surface area contributed by atoms with Crippen LogP contribution < -0.4 is 9.47 Å². The zero-order valence-corrected chi connectivity index (χ0v) is 15.7. The Morgan fingerprint density at radius 1 is 1.00 bits per heavy atom. The van der Waals surface area contributed by atoms with E-state index < -0.39 is 0 Å². The Morgan fingerprint density at radius 2 is 1.65 bits per heavy atom. The van der Waals surface area contributed by atoms with E-state index in [1.54, 1.807) is 12.0 Å². The van der Waals surface area contributed by atoms with E-state index in [1.165, 1.54) is 13.5 Å². The van der Waals surface area contributed by atoms with Crippen molar-refractivity contribution in [2.24, 2.45) is 5.92 Å². The molecule has 0 bridgehead atoms. The molecule has 26 heavy (non-hydrogen) atoms. The summed E-state index contributed by atoms with van der Waals surface area (Å²) in [6, 6.07) is 7.33. The fraction of sp³-hybridized carbons (Fsp3) is 0.600. The summed E-state index contributed by atoms with van der Waals surface area (Å²) in [5.41, 5.74) is 0. The molecule has 0 radical (unpaired) electrons. The number of carbonyl (C=O) groups excluding carboxylic acids is 2. The molecule has 0 spiro atoms. The van der Waals surface area contributed by atoms with Gasteiger partial charge in [0, 0.05) is 12.5 Å². The second kappa shape index (κ2) is 10.7. The van der Waals surface area contributed by atoms with Crippen molar-refractivity contribution in [2.75, 3.05) is 33.9 Å². The zero-order valence-electron chi connectivity index (χ0n) is 15.7. The van der Waals surface area contributed by atoms with Gasteiger partial charge in [-0.05, 0) is 37.1 Å². The van der Waals surface area contributed by atoms with Gasteiger partial charge in [-0.25, -0.2) is 0 Å². The fourth-order valence-corrected chi connectivity index (χ4v) is 3.21. The number of rotatable bonds is 9. The third-order valence-electron chi connectivity index (χ3n) is 4.77. The van der Waals surface area contributed by atoms with E-state index >= 15 is 0 Å². The number of ether oxygens (including phenoxy) is 3. The molecule has 0 atom stereocenters. The van der Waals surface area contributed by atoms with Crippen LogP contribution in [0.15, 0.2) is 24.3 Å². The van der Waals surface area contributed by atoms with E-state index in [4.69, 9.17) is 14.2 Å². The minimum atomic E-state index is -0.303. The van der Waals surface area contributed by atoms with Crippen LogP contribution in [-0.2, 0) is 14.3 Å². The summed E-state index contributed by atoms with van der Waals surface area (Å²) in [5.74, 6) is 1.39. The van der Waals surface area contributed by atoms with Gasteiger partial charge in [-0.3, -0.25) is 9.59 Å². The van der Waals surface area contributed by atoms with Crippen LogP contribution in [0.2, 0.25) is 0 Å². The summed E-state index contributed by atoms with van der Waals surface area (Å²) in [5, 5.41) is 0. The third-order valence-corrected chi connectivity index (χ3v) is 4.77. The van der Waals surface area contributed by atoms with Crippen molar-refractivity contribution in [2.45, 2.75) is 38.5 Å².